The predicted octanol–water partition coefficient (Wildman–Crippen LogP) is 4.71. The lowest BCUT2D eigenvalue weighted by molar-refractivity contribution is -0.115. The summed E-state index contributed by atoms with van der Waals surface area (Å²) >= 11 is 11.9. The summed E-state index contributed by atoms with van der Waals surface area (Å²) in [5.74, 6) is -1.70. The number of amides is 1. The van der Waals surface area contributed by atoms with E-state index in [2.05, 4.69) is 10.6 Å². The molecule has 0 aliphatic heterocycles. The summed E-state index contributed by atoms with van der Waals surface area (Å²) in [5, 5.41) is 5.97. The molecule has 0 saturated heterocycles. The van der Waals surface area contributed by atoms with Gasteiger partial charge in [-0.25, -0.2) is 8.78 Å². The van der Waals surface area contributed by atoms with E-state index in [1.165, 1.54) is 6.07 Å². The van der Waals surface area contributed by atoms with Crippen molar-refractivity contribution in [1.82, 2.24) is 0 Å². The van der Waals surface area contributed by atoms with Gasteiger partial charge in [0.2, 0.25) is 5.91 Å². The van der Waals surface area contributed by atoms with Gasteiger partial charge in [0.1, 0.15) is 11.6 Å². The Kier molecular flexibility index (Phi) is 5.57. The molecule has 3 nitrogen and oxygen atoms in total. The molecule has 0 radical (unpaired) electrons. The van der Waals surface area contributed by atoms with Gasteiger partial charge in [-0.15, -0.1) is 0 Å². The highest BCUT2D eigenvalue weighted by molar-refractivity contribution is 6.39. The SMILES string of the molecule is O=C(CCNc1ccc(F)cc1F)Nc1c(Cl)cccc1Cl. The number of anilines is 2. The third kappa shape index (κ3) is 4.32. The van der Waals surface area contributed by atoms with Crippen LogP contribution >= 0.6 is 23.2 Å². The molecule has 0 aliphatic carbocycles. The molecule has 0 unspecified atom stereocenters. The molecule has 0 aliphatic rings. The zero-order chi connectivity index (χ0) is 16.1. The largest absolute Gasteiger partial charge is 0.382 e. The molecule has 1 amide bonds. The van der Waals surface area contributed by atoms with Gasteiger partial charge < -0.3 is 10.6 Å². The van der Waals surface area contributed by atoms with E-state index in [9.17, 15) is 13.6 Å². The Hall–Kier alpha value is -1.85. The Labute approximate surface area is 136 Å². The van der Waals surface area contributed by atoms with Crippen LogP contribution in [0.15, 0.2) is 36.4 Å². The molecule has 0 spiro atoms. The molecule has 0 atom stereocenters. The van der Waals surface area contributed by atoms with E-state index in [4.69, 9.17) is 23.2 Å². The van der Waals surface area contributed by atoms with Crippen LogP contribution in [0.4, 0.5) is 20.2 Å². The molecular weight excluding hydrogens is 333 g/mol. The monoisotopic (exact) mass is 344 g/mol. The van der Waals surface area contributed by atoms with Gasteiger partial charge in [-0.2, -0.15) is 0 Å². The molecule has 2 rings (SSSR count). The third-order valence-corrected chi connectivity index (χ3v) is 3.46. The Morgan fingerprint density at radius 1 is 1.09 bits per heavy atom. The van der Waals surface area contributed by atoms with E-state index in [0.717, 1.165) is 12.1 Å². The van der Waals surface area contributed by atoms with E-state index in [-0.39, 0.29) is 24.6 Å². The lowest BCUT2D eigenvalue weighted by Gasteiger charge is -2.10. The van der Waals surface area contributed by atoms with Crippen LogP contribution in [-0.2, 0) is 4.79 Å². The second-order valence-electron chi connectivity index (χ2n) is 4.45. The third-order valence-electron chi connectivity index (χ3n) is 2.83. The minimum Gasteiger partial charge on any atom is -0.382 e. The average Bonchev–Trinajstić information content (AvgIpc) is 2.45. The second-order valence-corrected chi connectivity index (χ2v) is 5.26. The van der Waals surface area contributed by atoms with Crippen molar-refractivity contribution in [3.8, 4) is 0 Å². The topological polar surface area (TPSA) is 41.1 Å². The first-order valence-electron chi connectivity index (χ1n) is 6.40. The van der Waals surface area contributed by atoms with Crippen LogP contribution in [0.1, 0.15) is 6.42 Å². The van der Waals surface area contributed by atoms with Crippen molar-refractivity contribution in [1.29, 1.82) is 0 Å². The van der Waals surface area contributed by atoms with Crippen LogP contribution < -0.4 is 10.6 Å². The van der Waals surface area contributed by atoms with E-state index in [0.29, 0.717) is 15.7 Å². The number of nitrogens with one attached hydrogen (secondary N) is 2. The number of hydrogen-bond acceptors (Lipinski definition) is 2. The number of para-hydroxylation sites is 1. The zero-order valence-corrected chi connectivity index (χ0v) is 12.8. The maximum Gasteiger partial charge on any atom is 0.226 e. The van der Waals surface area contributed by atoms with Crippen molar-refractivity contribution in [2.24, 2.45) is 0 Å². The number of rotatable bonds is 5. The van der Waals surface area contributed by atoms with Crippen LogP contribution in [0.2, 0.25) is 10.0 Å². The Morgan fingerprint density at radius 2 is 1.77 bits per heavy atom. The molecule has 22 heavy (non-hydrogen) atoms. The van der Waals surface area contributed by atoms with Gasteiger partial charge in [-0.3, -0.25) is 4.79 Å². The van der Waals surface area contributed by atoms with Crippen molar-refractivity contribution >= 4 is 40.5 Å². The first-order valence-corrected chi connectivity index (χ1v) is 7.16. The van der Waals surface area contributed by atoms with E-state index < -0.39 is 11.6 Å². The smallest absolute Gasteiger partial charge is 0.226 e. The maximum atomic E-state index is 13.4. The average molecular weight is 345 g/mol. The van der Waals surface area contributed by atoms with Crippen molar-refractivity contribution < 1.29 is 13.6 Å². The Morgan fingerprint density at radius 3 is 2.41 bits per heavy atom. The van der Waals surface area contributed by atoms with Crippen LogP contribution in [0.5, 0.6) is 0 Å². The highest BCUT2D eigenvalue weighted by atomic mass is 35.5. The highest BCUT2D eigenvalue weighted by Gasteiger charge is 2.10. The molecule has 0 fully saturated rings. The summed E-state index contributed by atoms with van der Waals surface area (Å²) in [5.41, 5.74) is 0.466. The van der Waals surface area contributed by atoms with Gasteiger partial charge in [-0.1, -0.05) is 29.3 Å². The molecule has 0 heterocycles. The van der Waals surface area contributed by atoms with Crippen molar-refractivity contribution in [3.05, 3.63) is 58.1 Å². The fraction of sp³-hybridized carbons (Fsp3) is 0.133. The van der Waals surface area contributed by atoms with Crippen LogP contribution in [0, 0.1) is 11.6 Å². The molecule has 0 bridgehead atoms. The number of hydrogen-bond donors (Lipinski definition) is 2. The molecular formula is C15H12Cl2F2N2O. The maximum absolute atomic E-state index is 13.4. The number of carbonyl (C=O) groups excluding carboxylic acids is 1. The van der Waals surface area contributed by atoms with Crippen LogP contribution in [-0.4, -0.2) is 12.5 Å². The number of benzene rings is 2. The zero-order valence-electron chi connectivity index (χ0n) is 11.3. The van der Waals surface area contributed by atoms with Gasteiger partial charge in [0.05, 0.1) is 21.4 Å². The molecule has 116 valence electrons. The normalized spacial score (nSPS) is 10.4. The van der Waals surface area contributed by atoms with Gasteiger partial charge in [0.15, 0.2) is 0 Å². The minimum absolute atomic E-state index is 0.0678. The molecule has 2 aromatic rings. The van der Waals surface area contributed by atoms with Crippen LogP contribution in [0.3, 0.4) is 0 Å². The molecule has 2 aromatic carbocycles. The summed E-state index contributed by atoms with van der Waals surface area (Å²) in [7, 11) is 0. The molecule has 2 N–H and O–H groups in total. The quantitative estimate of drug-likeness (QED) is 0.824. The van der Waals surface area contributed by atoms with E-state index in [1.54, 1.807) is 18.2 Å². The van der Waals surface area contributed by atoms with Crippen molar-refractivity contribution in [2.45, 2.75) is 6.42 Å². The van der Waals surface area contributed by atoms with Crippen LogP contribution in [0.25, 0.3) is 0 Å². The molecule has 0 aromatic heterocycles. The van der Waals surface area contributed by atoms with Gasteiger partial charge in [0, 0.05) is 19.0 Å². The summed E-state index contributed by atoms with van der Waals surface area (Å²) < 4.78 is 26.1. The first-order chi connectivity index (χ1) is 10.5. The summed E-state index contributed by atoms with van der Waals surface area (Å²) in [4.78, 5) is 11.8. The minimum atomic E-state index is -0.713. The Bertz CT molecular complexity index is 675. The predicted molar refractivity (Wildman–Crippen MR) is 84.6 cm³/mol. The van der Waals surface area contributed by atoms with Gasteiger partial charge in [0.25, 0.3) is 0 Å². The molecule has 7 heteroatoms. The van der Waals surface area contributed by atoms with Crippen molar-refractivity contribution in [2.75, 3.05) is 17.2 Å². The van der Waals surface area contributed by atoms with Crippen molar-refractivity contribution in [3.63, 3.8) is 0 Å². The first kappa shape index (κ1) is 16.5. The number of carbonyl (C=O) groups is 1. The summed E-state index contributed by atoms with van der Waals surface area (Å²) in [6, 6.07) is 8.05. The second kappa shape index (κ2) is 7.42. The van der Waals surface area contributed by atoms with E-state index in [1.807, 2.05) is 0 Å². The standard InChI is InChI=1S/C15H12Cl2F2N2O/c16-10-2-1-3-11(17)15(10)21-14(22)6-7-20-13-5-4-9(18)8-12(13)19/h1-5,8,20H,6-7H2,(H,21,22). The fourth-order valence-corrected chi connectivity index (χ4v) is 2.25. The van der Waals surface area contributed by atoms with E-state index >= 15 is 0 Å². The van der Waals surface area contributed by atoms with Gasteiger partial charge in [-0.05, 0) is 24.3 Å². The molecule has 0 saturated carbocycles. The Balaban J connectivity index is 1.88. The lowest BCUT2D eigenvalue weighted by Crippen LogP contribution is -2.17. The lowest BCUT2D eigenvalue weighted by atomic mass is 10.2. The number of halogens is 4. The van der Waals surface area contributed by atoms with Gasteiger partial charge >= 0.3 is 0 Å². The summed E-state index contributed by atoms with van der Waals surface area (Å²) in [6.45, 7) is 0.177. The fourth-order valence-electron chi connectivity index (χ4n) is 1.76. The highest BCUT2D eigenvalue weighted by Crippen LogP contribution is 2.29. The summed E-state index contributed by atoms with van der Waals surface area (Å²) in [6.07, 6.45) is 0.0678.